The highest BCUT2D eigenvalue weighted by Gasteiger charge is 2.22. The molecule has 0 fully saturated rings. The van der Waals surface area contributed by atoms with Crippen molar-refractivity contribution in [3.8, 4) is 11.1 Å². The number of nitrogens with zero attached hydrogens (tertiary/aromatic N) is 1. The molecule has 0 spiro atoms. The van der Waals surface area contributed by atoms with Crippen LogP contribution in [0, 0.1) is 13.8 Å². The summed E-state index contributed by atoms with van der Waals surface area (Å²) in [5.74, 6) is 0.170. The summed E-state index contributed by atoms with van der Waals surface area (Å²) in [6, 6.07) is 54.5. The van der Waals surface area contributed by atoms with Gasteiger partial charge in [-0.2, -0.15) is 0 Å². The molecule has 0 radical (unpaired) electrons. The molecule has 0 saturated carbocycles. The van der Waals surface area contributed by atoms with Gasteiger partial charge in [0.1, 0.15) is 0 Å². The van der Waals surface area contributed by atoms with Crippen molar-refractivity contribution in [3.63, 3.8) is 0 Å². The van der Waals surface area contributed by atoms with Gasteiger partial charge in [0.25, 0.3) is 0 Å². The summed E-state index contributed by atoms with van der Waals surface area (Å²) in [4.78, 5) is 2.36. The van der Waals surface area contributed by atoms with Crippen molar-refractivity contribution in [1.29, 1.82) is 0 Å². The van der Waals surface area contributed by atoms with Crippen LogP contribution in [0.25, 0.3) is 11.1 Å². The molecular formula is C53H65N. The lowest BCUT2D eigenvalue weighted by atomic mass is 9.79. The quantitative estimate of drug-likeness (QED) is 0.121. The van der Waals surface area contributed by atoms with Crippen LogP contribution in [0.4, 0.5) is 17.1 Å². The van der Waals surface area contributed by atoms with E-state index in [1.54, 1.807) is 0 Å². The molecule has 1 atom stereocenters. The van der Waals surface area contributed by atoms with E-state index in [0.29, 0.717) is 0 Å². The molecule has 0 heterocycles. The molecule has 54 heavy (non-hydrogen) atoms. The fraction of sp³-hybridized carbons (Fsp3) is 0.321. The molecule has 0 aliphatic heterocycles. The molecule has 6 aromatic carbocycles. The minimum Gasteiger partial charge on any atom is -0.311 e. The zero-order valence-electron chi connectivity index (χ0n) is 35.3. The minimum atomic E-state index is 0.154. The second-order valence-electron chi connectivity index (χ2n) is 15.3. The maximum Gasteiger partial charge on any atom is 0.0462 e. The van der Waals surface area contributed by atoms with Gasteiger partial charge in [-0.3, -0.25) is 0 Å². The maximum atomic E-state index is 2.36. The number of anilines is 3. The van der Waals surface area contributed by atoms with E-state index < -0.39 is 0 Å². The normalized spacial score (nSPS) is 11.8. The molecule has 0 N–H and O–H groups in total. The van der Waals surface area contributed by atoms with Gasteiger partial charge in [-0.25, -0.2) is 0 Å². The van der Waals surface area contributed by atoms with Gasteiger partial charge in [-0.05, 0) is 113 Å². The van der Waals surface area contributed by atoms with Crippen molar-refractivity contribution in [3.05, 3.63) is 185 Å². The van der Waals surface area contributed by atoms with Gasteiger partial charge in [-0.1, -0.05) is 190 Å². The first kappa shape index (κ1) is 41.9. The van der Waals surface area contributed by atoms with Crippen LogP contribution in [0.2, 0.25) is 0 Å². The van der Waals surface area contributed by atoms with E-state index in [-0.39, 0.29) is 16.7 Å². The van der Waals surface area contributed by atoms with Crippen LogP contribution in [-0.2, 0) is 10.8 Å². The van der Waals surface area contributed by atoms with Gasteiger partial charge in [-0.15, -0.1) is 0 Å². The summed E-state index contributed by atoms with van der Waals surface area (Å²) in [6.45, 7) is 26.1. The predicted octanol–water partition coefficient (Wildman–Crippen LogP) is 16.0. The van der Waals surface area contributed by atoms with E-state index in [9.17, 15) is 0 Å². The predicted molar refractivity (Wildman–Crippen MR) is 239 cm³/mol. The Balaban J connectivity index is 0.00000157. The van der Waals surface area contributed by atoms with Gasteiger partial charge in [0.05, 0.1) is 0 Å². The average Bonchev–Trinajstić information content (AvgIpc) is 3.22. The highest BCUT2D eigenvalue weighted by Crippen LogP contribution is 2.39. The van der Waals surface area contributed by atoms with Crippen LogP contribution < -0.4 is 4.90 Å². The van der Waals surface area contributed by atoms with Gasteiger partial charge in [0.15, 0.2) is 0 Å². The molecule has 1 unspecified atom stereocenters. The lowest BCUT2D eigenvalue weighted by molar-refractivity contribution is 0.506. The molecule has 0 aliphatic carbocycles. The standard InChI is InChI=1S/C49H53N.2C2H6/c1-9-48(5,6)42-25-21-41(22-26-42)47(39-15-11-35(3)12-16-39)40-19-17-37(18-20-40)38-23-31-45(32-24-38)50(44-29-13-36(4)14-30-44)46-33-27-43(28-34-46)49(7,8)10-2;2*1-2/h11-34,47H,9-10H2,1-8H3;2*1-2H3. The van der Waals surface area contributed by atoms with Crippen LogP contribution >= 0.6 is 0 Å². The Hall–Kier alpha value is -4.88. The van der Waals surface area contributed by atoms with Crippen molar-refractivity contribution in [2.75, 3.05) is 4.90 Å². The number of aryl methyl sites for hydroxylation is 2. The smallest absolute Gasteiger partial charge is 0.0462 e. The molecule has 0 aromatic heterocycles. The summed E-state index contributed by atoms with van der Waals surface area (Å²) < 4.78 is 0. The molecule has 0 bridgehead atoms. The topological polar surface area (TPSA) is 3.24 Å². The molecule has 6 aromatic rings. The molecule has 0 saturated heterocycles. The summed E-state index contributed by atoms with van der Waals surface area (Å²) >= 11 is 0. The van der Waals surface area contributed by atoms with Crippen molar-refractivity contribution in [1.82, 2.24) is 0 Å². The number of benzene rings is 6. The van der Waals surface area contributed by atoms with Gasteiger partial charge < -0.3 is 4.90 Å². The van der Waals surface area contributed by atoms with Crippen LogP contribution in [0.15, 0.2) is 146 Å². The molecule has 282 valence electrons. The second-order valence-corrected chi connectivity index (χ2v) is 15.3. The Morgan fingerprint density at radius 2 is 0.648 bits per heavy atom. The molecule has 0 amide bonds. The first-order chi connectivity index (χ1) is 26.0. The Morgan fingerprint density at radius 3 is 1.02 bits per heavy atom. The number of hydrogen-bond acceptors (Lipinski definition) is 1. The van der Waals surface area contributed by atoms with Crippen LogP contribution in [0.5, 0.6) is 0 Å². The molecular weight excluding hydrogens is 651 g/mol. The first-order valence-electron chi connectivity index (χ1n) is 20.3. The van der Waals surface area contributed by atoms with E-state index in [2.05, 4.69) is 206 Å². The molecule has 1 heteroatoms. The lowest BCUT2D eigenvalue weighted by Gasteiger charge is -2.28. The lowest BCUT2D eigenvalue weighted by Crippen LogP contribution is -2.16. The van der Waals surface area contributed by atoms with Gasteiger partial charge in [0.2, 0.25) is 0 Å². The maximum absolute atomic E-state index is 2.36. The fourth-order valence-corrected chi connectivity index (χ4v) is 6.74. The SMILES string of the molecule is CC.CC.CCC(C)(C)c1ccc(C(c2ccc(C)cc2)c2ccc(-c3ccc(N(c4ccc(C)cc4)c4ccc(C(C)(C)CC)cc4)cc3)cc2)cc1. The monoisotopic (exact) mass is 716 g/mol. The highest BCUT2D eigenvalue weighted by atomic mass is 15.1. The third-order valence-electron chi connectivity index (χ3n) is 11.1. The summed E-state index contributed by atoms with van der Waals surface area (Å²) in [6.07, 6.45) is 2.22. The van der Waals surface area contributed by atoms with Crippen molar-refractivity contribution >= 4 is 17.1 Å². The van der Waals surface area contributed by atoms with E-state index in [4.69, 9.17) is 0 Å². The number of hydrogen-bond donors (Lipinski definition) is 0. The summed E-state index contributed by atoms with van der Waals surface area (Å²) in [7, 11) is 0. The van der Waals surface area contributed by atoms with E-state index >= 15 is 0 Å². The third kappa shape index (κ3) is 9.80. The third-order valence-corrected chi connectivity index (χ3v) is 11.1. The Bertz CT molecular complexity index is 1830. The highest BCUT2D eigenvalue weighted by molar-refractivity contribution is 5.78. The fourth-order valence-electron chi connectivity index (χ4n) is 6.74. The minimum absolute atomic E-state index is 0.154. The zero-order valence-corrected chi connectivity index (χ0v) is 35.3. The zero-order chi connectivity index (χ0) is 39.5. The Morgan fingerprint density at radius 1 is 0.389 bits per heavy atom. The average molecular weight is 716 g/mol. The Labute approximate surface area is 329 Å². The molecule has 0 aliphatic rings. The van der Waals surface area contributed by atoms with Crippen LogP contribution in [0.1, 0.15) is 127 Å². The molecule has 1 nitrogen and oxygen atoms in total. The Kier molecular flexibility index (Phi) is 14.7. The molecule has 6 rings (SSSR count). The largest absolute Gasteiger partial charge is 0.311 e. The van der Waals surface area contributed by atoms with Crippen molar-refractivity contribution in [2.45, 2.75) is 113 Å². The van der Waals surface area contributed by atoms with Gasteiger partial charge in [0, 0.05) is 23.0 Å². The van der Waals surface area contributed by atoms with E-state index in [1.807, 2.05) is 27.7 Å². The van der Waals surface area contributed by atoms with Crippen LogP contribution in [-0.4, -0.2) is 0 Å². The van der Waals surface area contributed by atoms with Crippen LogP contribution in [0.3, 0.4) is 0 Å². The first-order valence-corrected chi connectivity index (χ1v) is 20.3. The van der Waals surface area contributed by atoms with Crippen molar-refractivity contribution in [2.24, 2.45) is 0 Å². The summed E-state index contributed by atoms with van der Waals surface area (Å²) in [5.41, 5.74) is 15.5. The van der Waals surface area contributed by atoms with E-state index in [0.717, 1.165) is 29.9 Å². The second kappa shape index (κ2) is 18.9. The van der Waals surface area contributed by atoms with Crippen molar-refractivity contribution < 1.29 is 0 Å². The van der Waals surface area contributed by atoms with E-state index in [1.165, 1.54) is 50.1 Å². The van der Waals surface area contributed by atoms with Gasteiger partial charge >= 0.3 is 0 Å². The number of rotatable bonds is 11. The summed E-state index contributed by atoms with van der Waals surface area (Å²) in [5, 5.41) is 0.